The van der Waals surface area contributed by atoms with Gasteiger partial charge >= 0.3 is 11.9 Å². The van der Waals surface area contributed by atoms with Gasteiger partial charge < -0.3 is 134 Å². The maximum absolute atomic E-state index is 15.4. The lowest BCUT2D eigenvalue weighted by atomic mass is 9.33. The summed E-state index contributed by atoms with van der Waals surface area (Å²) in [5.74, 6) is -3.05. The number of aliphatic hydroxyl groups is 16. The first kappa shape index (κ1) is 66.1. The summed E-state index contributed by atoms with van der Waals surface area (Å²) in [6, 6.07) is 0. The van der Waals surface area contributed by atoms with E-state index in [0.29, 0.717) is 32.1 Å². The number of aliphatic hydroxyl groups excluding tert-OH is 16. The molecule has 2 bridgehead atoms. The van der Waals surface area contributed by atoms with E-state index in [9.17, 15) is 86.5 Å². The third-order valence-electron chi connectivity index (χ3n) is 23.0. The minimum atomic E-state index is -1.93. The van der Waals surface area contributed by atoms with Crippen LogP contribution in [0.5, 0.6) is 0 Å². The molecule has 6 saturated heterocycles. The van der Waals surface area contributed by atoms with Crippen LogP contribution in [0.4, 0.5) is 0 Å². The van der Waals surface area contributed by atoms with Crippen LogP contribution in [0.1, 0.15) is 92.9 Å². The second-order valence-electron chi connectivity index (χ2n) is 28.2. The van der Waals surface area contributed by atoms with Crippen LogP contribution in [0.15, 0.2) is 11.6 Å². The molecule has 87 heavy (non-hydrogen) atoms. The van der Waals surface area contributed by atoms with Gasteiger partial charge in [-0.2, -0.15) is 0 Å². The Balaban J connectivity index is 0.821. The van der Waals surface area contributed by atoms with Crippen LogP contribution in [0, 0.1) is 50.2 Å². The van der Waals surface area contributed by atoms with Gasteiger partial charge in [0.25, 0.3) is 0 Å². The van der Waals surface area contributed by atoms with Crippen molar-refractivity contribution >= 4 is 11.9 Å². The van der Waals surface area contributed by atoms with Crippen LogP contribution < -0.4 is 0 Å². The van der Waals surface area contributed by atoms with Crippen LogP contribution in [-0.2, 0) is 61.7 Å². The zero-order valence-electron chi connectivity index (χ0n) is 49.5. The fourth-order valence-corrected chi connectivity index (χ4v) is 17.8. The van der Waals surface area contributed by atoms with Crippen molar-refractivity contribution in [3.63, 3.8) is 0 Å². The van der Waals surface area contributed by atoms with Crippen LogP contribution in [-0.4, -0.2) is 286 Å². The summed E-state index contributed by atoms with van der Waals surface area (Å²) in [7, 11) is 0. The average Bonchev–Trinajstić information content (AvgIpc) is 1.63. The highest BCUT2D eigenvalue weighted by Crippen LogP contribution is 2.77. The maximum Gasteiger partial charge on any atom is 0.317 e. The van der Waals surface area contributed by atoms with Crippen molar-refractivity contribution in [2.24, 2.45) is 50.2 Å². The first-order valence-corrected chi connectivity index (χ1v) is 30.5. The molecule has 0 aromatic rings. The third-order valence-corrected chi connectivity index (χ3v) is 23.0. The Morgan fingerprint density at radius 2 is 1.21 bits per heavy atom. The molecule has 34 unspecified atom stereocenters. The highest BCUT2D eigenvalue weighted by molar-refractivity contribution is 5.82. The fourth-order valence-electron chi connectivity index (χ4n) is 17.8. The lowest BCUT2D eigenvalue weighted by Crippen LogP contribution is -2.70. The van der Waals surface area contributed by atoms with Gasteiger partial charge in [-0.3, -0.25) is 9.59 Å². The van der Waals surface area contributed by atoms with E-state index in [0.717, 1.165) is 5.57 Å². The molecular weight excluding hydrogens is 1160 g/mol. The van der Waals surface area contributed by atoms with Crippen LogP contribution in [0.3, 0.4) is 0 Å². The summed E-state index contributed by atoms with van der Waals surface area (Å²) in [5.41, 5.74) is -4.94. The molecule has 29 nitrogen and oxygen atoms in total. The Morgan fingerprint density at radius 1 is 0.609 bits per heavy atom. The topological polar surface area (TPSA) is 459 Å². The van der Waals surface area contributed by atoms with Gasteiger partial charge in [-0.05, 0) is 97.7 Å². The predicted octanol–water partition coefficient (Wildman–Crippen LogP) is -5.45. The number of allylic oxidation sites excluding steroid dienone is 2. The fraction of sp³-hybridized carbons (Fsp3) is 0.931. The summed E-state index contributed by atoms with van der Waals surface area (Å²) in [6.07, 6.45) is -37.1. The molecule has 0 amide bonds. The van der Waals surface area contributed by atoms with Crippen LogP contribution in [0.2, 0.25) is 0 Å². The number of carbonyl (C=O) groups is 2. The van der Waals surface area contributed by atoms with Crippen molar-refractivity contribution in [1.82, 2.24) is 0 Å². The van der Waals surface area contributed by atoms with Gasteiger partial charge in [-0.15, -0.1) is 0 Å². The van der Waals surface area contributed by atoms with Crippen molar-refractivity contribution in [3.8, 4) is 0 Å². The van der Waals surface area contributed by atoms with E-state index in [1.807, 2.05) is 0 Å². The molecule has 11 rings (SSSR count). The number of ether oxygens (including phenoxy) is 11. The molecule has 11 aliphatic rings. The van der Waals surface area contributed by atoms with E-state index in [-0.39, 0.29) is 30.6 Å². The molecule has 0 radical (unpaired) electrons. The van der Waals surface area contributed by atoms with Gasteiger partial charge in [-0.1, -0.05) is 46.3 Å². The Labute approximate surface area is 501 Å². The van der Waals surface area contributed by atoms with Crippen LogP contribution in [0.25, 0.3) is 0 Å². The SMILES string of the molecule is CC1OC(OC2C(OC(=O)C34CCC(C)(C)CC3C3=CCC5C6(C)CC7OC(=O)C(CO)(C7OC7OC(COC8OC(CO)C(O)C(O)C8O)C(O)C(O)C7O)C6CCC5(C)C3(C)CC4O)OCC(O)C2O)C(O)C(O)C1OC1OCC(O)C(O)C1O. The smallest absolute Gasteiger partial charge is 0.317 e. The third kappa shape index (κ3) is 10.4. The van der Waals surface area contributed by atoms with Gasteiger partial charge in [0, 0.05) is 0 Å². The quantitative estimate of drug-likeness (QED) is 0.0465. The molecule has 496 valence electrons. The monoisotopic (exact) mass is 1250 g/mol. The summed E-state index contributed by atoms with van der Waals surface area (Å²) < 4.78 is 64.9. The molecule has 0 aromatic carbocycles. The van der Waals surface area contributed by atoms with Gasteiger partial charge in [0.2, 0.25) is 6.29 Å². The lowest BCUT2D eigenvalue weighted by Gasteiger charge is -2.71. The molecule has 29 heteroatoms. The summed E-state index contributed by atoms with van der Waals surface area (Å²) in [5, 5.41) is 175. The number of rotatable bonds is 13. The van der Waals surface area contributed by atoms with Gasteiger partial charge in [-0.25, -0.2) is 0 Å². The van der Waals surface area contributed by atoms with E-state index < -0.39 is 244 Å². The van der Waals surface area contributed by atoms with E-state index in [2.05, 4.69) is 40.7 Å². The van der Waals surface area contributed by atoms with E-state index in [4.69, 9.17) is 52.1 Å². The van der Waals surface area contributed by atoms with Gasteiger partial charge in [0.05, 0.1) is 45.2 Å². The van der Waals surface area contributed by atoms with Gasteiger partial charge in [0.15, 0.2) is 31.3 Å². The van der Waals surface area contributed by atoms with Crippen molar-refractivity contribution in [2.45, 2.75) is 253 Å². The Hall–Kier alpha value is -2.32. The standard InChI is InChI=1S/C58H90O29/c1-21-43(84-47-39(71)32(64)24(61)17-77-47)38(70)42(74)48(80-21)85-44-33(65)25(62)18-78-50(44)87-51(75)57-12-11-53(2,3)13-23(57)22-7-8-29-54(4)14-26-45(58(20-60,52(76)83-26)30(54)9-10-55(29,5)56(22,6)15-31(57)63)86-49-41(73)37(69)35(67)28(82-49)19-79-46-40(72)36(68)34(66)27(16-59)81-46/h7,21,23-50,59-74H,8-20H2,1-6H3. The number of hydrogen-bond acceptors (Lipinski definition) is 29. The van der Waals surface area contributed by atoms with Crippen LogP contribution >= 0.6 is 0 Å². The first-order chi connectivity index (χ1) is 40.8. The largest absolute Gasteiger partial charge is 0.459 e. The molecule has 10 fully saturated rings. The van der Waals surface area contributed by atoms with Crippen molar-refractivity contribution in [1.29, 1.82) is 0 Å². The number of esters is 2. The average molecular weight is 1250 g/mol. The Bertz CT molecular complexity index is 2530. The minimum absolute atomic E-state index is 0.0804. The summed E-state index contributed by atoms with van der Waals surface area (Å²) in [4.78, 5) is 29.9. The van der Waals surface area contributed by atoms with Crippen molar-refractivity contribution in [3.05, 3.63) is 11.6 Å². The number of carbonyl (C=O) groups excluding carboxylic acids is 2. The summed E-state index contributed by atoms with van der Waals surface area (Å²) in [6.45, 7) is 8.92. The van der Waals surface area contributed by atoms with Crippen molar-refractivity contribution < 1.29 is 143 Å². The second-order valence-corrected chi connectivity index (χ2v) is 28.2. The first-order valence-electron chi connectivity index (χ1n) is 30.5. The van der Waals surface area contributed by atoms with E-state index in [1.165, 1.54) is 6.92 Å². The second kappa shape index (κ2) is 23.9. The molecule has 6 heterocycles. The molecule has 6 aliphatic heterocycles. The predicted molar refractivity (Wildman–Crippen MR) is 284 cm³/mol. The summed E-state index contributed by atoms with van der Waals surface area (Å²) >= 11 is 0. The zero-order chi connectivity index (χ0) is 63.2. The lowest BCUT2D eigenvalue weighted by molar-refractivity contribution is -0.369. The number of fused-ring (bicyclic) bond motifs is 10. The molecule has 16 N–H and O–H groups in total. The number of hydrogen-bond donors (Lipinski definition) is 16. The normalized spacial score (nSPS) is 55.5. The van der Waals surface area contributed by atoms with Gasteiger partial charge in [0.1, 0.15) is 121 Å². The molecule has 0 spiro atoms. The maximum atomic E-state index is 15.4. The van der Waals surface area contributed by atoms with Crippen molar-refractivity contribution in [2.75, 3.05) is 33.0 Å². The highest BCUT2D eigenvalue weighted by atomic mass is 16.8. The van der Waals surface area contributed by atoms with E-state index >= 15 is 4.79 Å². The molecule has 34 atom stereocenters. The molecule has 4 saturated carbocycles. The Morgan fingerprint density at radius 3 is 1.89 bits per heavy atom. The Kier molecular flexibility index (Phi) is 18.2. The molecule has 5 aliphatic carbocycles. The molecule has 0 aromatic heterocycles. The highest BCUT2D eigenvalue weighted by Gasteiger charge is 2.77. The molecular formula is C58H90O29. The van der Waals surface area contributed by atoms with E-state index in [1.54, 1.807) is 0 Å². The minimum Gasteiger partial charge on any atom is -0.459 e. The zero-order valence-corrected chi connectivity index (χ0v) is 49.5.